The van der Waals surface area contributed by atoms with Gasteiger partial charge in [-0.25, -0.2) is 0 Å². The van der Waals surface area contributed by atoms with E-state index in [2.05, 4.69) is 20.8 Å². The number of para-hydroxylation sites is 2. The van der Waals surface area contributed by atoms with Gasteiger partial charge in [0, 0.05) is 0 Å². The van der Waals surface area contributed by atoms with Gasteiger partial charge in [0.05, 0.1) is 30.4 Å². The number of carbonyl (C=O) groups excluding carboxylic acids is 1. The minimum Gasteiger partial charge on any atom is -0.492 e. The minimum absolute atomic E-state index is 0.0807. The Morgan fingerprint density at radius 2 is 2.15 bits per heavy atom. The number of ether oxygens (including phenoxy) is 1. The van der Waals surface area contributed by atoms with Gasteiger partial charge in [0.1, 0.15) is 11.5 Å². The van der Waals surface area contributed by atoms with E-state index in [9.17, 15) is 4.79 Å². The minimum atomic E-state index is -0.295. The lowest BCUT2D eigenvalue weighted by molar-refractivity contribution is -0.120. The molecule has 0 aliphatic carbocycles. The van der Waals surface area contributed by atoms with Gasteiger partial charge in [0.15, 0.2) is 4.34 Å². The van der Waals surface area contributed by atoms with Crippen molar-refractivity contribution >= 4 is 39.8 Å². The van der Waals surface area contributed by atoms with Crippen LogP contribution in [0.3, 0.4) is 0 Å². The molecule has 0 fully saturated rings. The molecule has 1 amide bonds. The molecule has 142 valence electrons. The normalized spacial score (nSPS) is 11.8. The van der Waals surface area contributed by atoms with Crippen LogP contribution in [0.1, 0.15) is 19.6 Å². The highest BCUT2D eigenvalue weighted by atomic mass is 32.2. The van der Waals surface area contributed by atoms with E-state index in [-0.39, 0.29) is 11.2 Å². The Kier molecular flexibility index (Phi) is 6.72. The van der Waals surface area contributed by atoms with Crippen LogP contribution in [0.2, 0.25) is 0 Å². The van der Waals surface area contributed by atoms with E-state index in [0.29, 0.717) is 22.6 Å². The molecule has 3 rings (SSSR count). The third kappa shape index (κ3) is 5.48. The van der Waals surface area contributed by atoms with Gasteiger partial charge in [-0.05, 0) is 38.1 Å². The zero-order valence-corrected chi connectivity index (χ0v) is 16.6. The van der Waals surface area contributed by atoms with Crippen molar-refractivity contribution in [2.45, 2.75) is 30.0 Å². The first-order chi connectivity index (χ1) is 13.2. The van der Waals surface area contributed by atoms with E-state index in [1.54, 1.807) is 12.3 Å². The lowest BCUT2D eigenvalue weighted by atomic mass is 10.3. The summed E-state index contributed by atoms with van der Waals surface area (Å²) in [7, 11) is 0. The largest absolute Gasteiger partial charge is 0.492 e. The number of furan rings is 1. The van der Waals surface area contributed by atoms with Gasteiger partial charge in [-0.1, -0.05) is 35.2 Å². The summed E-state index contributed by atoms with van der Waals surface area (Å²) in [5.41, 5.74) is 0.830. The maximum Gasteiger partial charge on any atom is 0.233 e. The van der Waals surface area contributed by atoms with Crippen LogP contribution >= 0.6 is 23.1 Å². The molecule has 2 aromatic heterocycles. The molecule has 1 aromatic carbocycles. The molecule has 7 nitrogen and oxygen atoms in total. The molecule has 0 saturated heterocycles. The number of hydrogen-bond donors (Lipinski definition) is 2. The molecule has 0 bridgehead atoms. The molecule has 27 heavy (non-hydrogen) atoms. The van der Waals surface area contributed by atoms with Gasteiger partial charge in [-0.3, -0.25) is 4.79 Å². The van der Waals surface area contributed by atoms with E-state index in [1.807, 2.05) is 44.2 Å². The summed E-state index contributed by atoms with van der Waals surface area (Å²) in [4.78, 5) is 12.2. The van der Waals surface area contributed by atoms with Gasteiger partial charge in [0.25, 0.3) is 0 Å². The van der Waals surface area contributed by atoms with Crippen LogP contribution in [0.25, 0.3) is 0 Å². The standard InChI is InChI=1S/C18H20N4O3S2/c1-3-24-15-9-5-4-8-14(15)20-17-21-22-18(27-17)26-12(2)16(23)19-11-13-7-6-10-25-13/h4-10,12H,3,11H2,1-2H3,(H,19,23)(H,20,21)/t12-/m0/s1. The summed E-state index contributed by atoms with van der Waals surface area (Å²) >= 11 is 2.76. The van der Waals surface area contributed by atoms with Crippen molar-refractivity contribution in [2.24, 2.45) is 0 Å². The molecule has 3 aromatic rings. The lowest BCUT2D eigenvalue weighted by Gasteiger charge is -2.10. The zero-order chi connectivity index (χ0) is 19.1. The second-order valence-electron chi connectivity index (χ2n) is 5.48. The molecular formula is C18H20N4O3S2. The SMILES string of the molecule is CCOc1ccccc1Nc1nnc(S[C@@H](C)C(=O)NCc2ccco2)s1. The first kappa shape index (κ1) is 19.2. The lowest BCUT2D eigenvalue weighted by Crippen LogP contribution is -2.30. The Balaban J connectivity index is 1.55. The fraction of sp³-hybridized carbons (Fsp3) is 0.278. The van der Waals surface area contributed by atoms with Crippen molar-refractivity contribution in [2.75, 3.05) is 11.9 Å². The molecular weight excluding hydrogens is 384 g/mol. The first-order valence-electron chi connectivity index (χ1n) is 8.44. The van der Waals surface area contributed by atoms with Crippen molar-refractivity contribution in [3.8, 4) is 5.75 Å². The van der Waals surface area contributed by atoms with Gasteiger partial charge < -0.3 is 19.8 Å². The molecule has 2 heterocycles. The molecule has 0 aliphatic rings. The molecule has 0 aliphatic heterocycles. The summed E-state index contributed by atoms with van der Waals surface area (Å²) in [6, 6.07) is 11.3. The van der Waals surface area contributed by atoms with E-state index in [0.717, 1.165) is 17.2 Å². The number of anilines is 2. The molecule has 1 atom stereocenters. The number of benzene rings is 1. The highest BCUT2D eigenvalue weighted by Crippen LogP contribution is 2.33. The van der Waals surface area contributed by atoms with Crippen molar-refractivity contribution < 1.29 is 13.9 Å². The van der Waals surface area contributed by atoms with Crippen molar-refractivity contribution in [1.29, 1.82) is 0 Å². The number of rotatable bonds is 9. The number of carbonyl (C=O) groups is 1. The number of thioether (sulfide) groups is 1. The van der Waals surface area contributed by atoms with Crippen molar-refractivity contribution in [3.63, 3.8) is 0 Å². The Morgan fingerprint density at radius 3 is 2.93 bits per heavy atom. The Labute approximate surface area is 165 Å². The van der Waals surface area contributed by atoms with E-state index >= 15 is 0 Å². The Morgan fingerprint density at radius 1 is 1.30 bits per heavy atom. The summed E-state index contributed by atoms with van der Waals surface area (Å²) in [5.74, 6) is 1.40. The van der Waals surface area contributed by atoms with Gasteiger partial charge in [0.2, 0.25) is 11.0 Å². The van der Waals surface area contributed by atoms with Gasteiger partial charge in [-0.2, -0.15) is 0 Å². The second-order valence-corrected chi connectivity index (χ2v) is 8.05. The number of amides is 1. The van der Waals surface area contributed by atoms with Crippen LogP contribution < -0.4 is 15.4 Å². The van der Waals surface area contributed by atoms with Crippen LogP contribution in [0.15, 0.2) is 51.4 Å². The van der Waals surface area contributed by atoms with Crippen LogP contribution in [0, 0.1) is 0 Å². The topological polar surface area (TPSA) is 89.3 Å². The second kappa shape index (κ2) is 9.43. The zero-order valence-electron chi connectivity index (χ0n) is 15.0. The van der Waals surface area contributed by atoms with Crippen LogP contribution in [0.4, 0.5) is 10.8 Å². The summed E-state index contributed by atoms with van der Waals surface area (Å²) in [6.07, 6.45) is 1.58. The summed E-state index contributed by atoms with van der Waals surface area (Å²) in [6.45, 7) is 4.73. The average molecular weight is 405 g/mol. The summed E-state index contributed by atoms with van der Waals surface area (Å²) < 4.78 is 11.5. The Bertz CT molecular complexity index is 867. The van der Waals surface area contributed by atoms with E-state index < -0.39 is 0 Å². The smallest absolute Gasteiger partial charge is 0.233 e. The van der Waals surface area contributed by atoms with Crippen LogP contribution in [-0.2, 0) is 11.3 Å². The molecule has 9 heteroatoms. The molecule has 0 spiro atoms. The molecule has 2 N–H and O–H groups in total. The monoisotopic (exact) mass is 404 g/mol. The van der Waals surface area contributed by atoms with Crippen molar-refractivity contribution in [1.82, 2.24) is 15.5 Å². The van der Waals surface area contributed by atoms with Crippen molar-refractivity contribution in [3.05, 3.63) is 48.4 Å². The highest BCUT2D eigenvalue weighted by molar-refractivity contribution is 8.02. The number of nitrogens with one attached hydrogen (secondary N) is 2. The average Bonchev–Trinajstić information content (AvgIpc) is 3.33. The Hall–Kier alpha value is -2.52. The number of nitrogens with zero attached hydrogens (tertiary/aromatic N) is 2. The summed E-state index contributed by atoms with van der Waals surface area (Å²) in [5, 5.41) is 14.7. The molecule has 0 radical (unpaired) electrons. The fourth-order valence-electron chi connectivity index (χ4n) is 2.21. The van der Waals surface area contributed by atoms with E-state index in [1.165, 1.54) is 23.1 Å². The predicted molar refractivity (Wildman–Crippen MR) is 107 cm³/mol. The predicted octanol–water partition coefficient (Wildman–Crippen LogP) is 4.07. The third-order valence-corrected chi connectivity index (χ3v) is 5.52. The fourth-order valence-corrected chi connectivity index (χ4v) is 4.14. The molecule has 0 unspecified atom stereocenters. The highest BCUT2D eigenvalue weighted by Gasteiger charge is 2.17. The first-order valence-corrected chi connectivity index (χ1v) is 10.1. The van der Waals surface area contributed by atoms with Gasteiger partial charge >= 0.3 is 0 Å². The maximum absolute atomic E-state index is 12.2. The third-order valence-electron chi connectivity index (χ3n) is 3.50. The number of aromatic nitrogens is 2. The van der Waals surface area contributed by atoms with Crippen LogP contribution in [-0.4, -0.2) is 28.0 Å². The maximum atomic E-state index is 12.2. The van der Waals surface area contributed by atoms with Gasteiger partial charge in [-0.15, -0.1) is 10.2 Å². The molecule has 0 saturated carbocycles. The van der Waals surface area contributed by atoms with E-state index in [4.69, 9.17) is 9.15 Å². The number of hydrogen-bond acceptors (Lipinski definition) is 8. The van der Waals surface area contributed by atoms with Crippen LogP contribution in [0.5, 0.6) is 5.75 Å². The quantitative estimate of drug-likeness (QED) is 0.520.